The molecule has 0 fully saturated rings. The lowest BCUT2D eigenvalue weighted by Crippen LogP contribution is -2.29. The van der Waals surface area contributed by atoms with E-state index in [1.54, 1.807) is 24.3 Å². The van der Waals surface area contributed by atoms with Gasteiger partial charge in [0.15, 0.2) is 12.4 Å². The minimum atomic E-state index is -1.13. The fraction of sp³-hybridized carbons (Fsp3) is 0.200. The zero-order chi connectivity index (χ0) is 15.8. The van der Waals surface area contributed by atoms with Crippen LogP contribution in [0.4, 0.5) is 10.1 Å². The summed E-state index contributed by atoms with van der Waals surface area (Å²) in [5.41, 5.74) is 2.28. The summed E-state index contributed by atoms with van der Waals surface area (Å²) in [5.74, 6) is 1.31. The van der Waals surface area contributed by atoms with Crippen molar-refractivity contribution in [3.05, 3.63) is 53.4 Å². The molecule has 1 aliphatic heterocycles. The van der Waals surface area contributed by atoms with E-state index in [4.69, 9.17) is 12.2 Å². The van der Waals surface area contributed by atoms with Crippen LogP contribution in [-0.2, 0) is 4.74 Å². The Morgan fingerprint density at radius 3 is 2.73 bits per heavy atom. The molecule has 0 unspecified atom stereocenters. The molecule has 2 N–H and O–H groups in total. The molecule has 0 aromatic heterocycles. The third kappa shape index (κ3) is 5.00. The van der Waals surface area contributed by atoms with E-state index < -0.39 is 12.8 Å². The van der Waals surface area contributed by atoms with Crippen molar-refractivity contribution in [2.45, 2.75) is 6.42 Å². The normalized spacial score (nSPS) is 12.3. The number of esters is 1. The Morgan fingerprint density at radius 1 is 1.32 bits per heavy atom. The van der Waals surface area contributed by atoms with Gasteiger partial charge in [-0.05, 0) is 42.9 Å². The first kappa shape index (κ1) is 16.2. The zero-order valence-electron chi connectivity index (χ0n) is 11.8. The summed E-state index contributed by atoms with van der Waals surface area (Å²) in [7, 11) is 2.06. The molecular formula is C15H15BFN2O2S. The van der Waals surface area contributed by atoms with E-state index in [9.17, 15) is 9.18 Å². The van der Waals surface area contributed by atoms with Crippen LogP contribution in [0.15, 0.2) is 47.9 Å². The van der Waals surface area contributed by atoms with Crippen molar-refractivity contribution in [1.82, 2.24) is 5.32 Å². The first-order valence-corrected chi connectivity index (χ1v) is 7.18. The largest absolute Gasteiger partial charge is 0.430 e. The van der Waals surface area contributed by atoms with Crippen molar-refractivity contribution in [3.63, 3.8) is 0 Å². The van der Waals surface area contributed by atoms with Gasteiger partial charge < -0.3 is 15.4 Å². The van der Waals surface area contributed by atoms with E-state index in [0.29, 0.717) is 10.7 Å². The molecule has 0 saturated carbocycles. The summed E-state index contributed by atoms with van der Waals surface area (Å²) < 4.78 is 16.2. The quantitative estimate of drug-likeness (QED) is 0.480. The third-order valence-electron chi connectivity index (χ3n) is 3.00. The Kier molecular flexibility index (Phi) is 6.15. The molecule has 0 spiro atoms. The fourth-order valence-electron chi connectivity index (χ4n) is 1.90. The molecule has 1 radical (unpaired) electrons. The van der Waals surface area contributed by atoms with Crippen LogP contribution in [0.1, 0.15) is 16.8 Å². The number of nitrogens with one attached hydrogen (secondary N) is 2. The number of alkyl halides is 1. The average molecular weight is 317 g/mol. The number of halogens is 1. The van der Waals surface area contributed by atoms with Crippen molar-refractivity contribution in [2.75, 3.05) is 18.7 Å². The second kappa shape index (κ2) is 8.33. The molecule has 22 heavy (non-hydrogen) atoms. The van der Waals surface area contributed by atoms with E-state index in [0.717, 1.165) is 18.7 Å². The van der Waals surface area contributed by atoms with Gasteiger partial charge in [0.25, 0.3) is 0 Å². The summed E-state index contributed by atoms with van der Waals surface area (Å²) in [6.45, 7) is -0.396. The summed E-state index contributed by atoms with van der Waals surface area (Å²) in [6, 6.07) is 6.46. The van der Waals surface area contributed by atoms with Gasteiger partial charge in [0.1, 0.15) is 0 Å². The minimum Gasteiger partial charge on any atom is -0.430 e. The number of hydrogen-bond acceptors (Lipinski definition) is 3. The molecule has 4 nitrogen and oxygen atoms in total. The van der Waals surface area contributed by atoms with Gasteiger partial charge in [-0.15, -0.1) is 11.4 Å². The highest BCUT2D eigenvalue weighted by Gasteiger charge is 2.07. The van der Waals surface area contributed by atoms with Gasteiger partial charge in [0.2, 0.25) is 6.86 Å². The van der Waals surface area contributed by atoms with Crippen LogP contribution in [0, 0.1) is 0 Å². The molecule has 0 aliphatic carbocycles. The maximum atomic E-state index is 11.9. The van der Waals surface area contributed by atoms with Crippen LogP contribution >= 0.6 is 12.2 Å². The first-order chi connectivity index (χ1) is 10.7. The monoisotopic (exact) mass is 317 g/mol. The highest BCUT2D eigenvalue weighted by Crippen LogP contribution is 2.11. The number of allylic oxidation sites excluding steroid dienone is 2. The predicted octanol–water partition coefficient (Wildman–Crippen LogP) is 2.56. The molecule has 0 amide bonds. The van der Waals surface area contributed by atoms with E-state index in [-0.39, 0.29) is 0 Å². The Bertz CT molecular complexity index is 602. The lowest BCUT2D eigenvalue weighted by Gasteiger charge is -2.11. The number of carbonyl (C=O) groups is 1. The molecule has 1 aliphatic rings. The van der Waals surface area contributed by atoms with Crippen LogP contribution in [0.5, 0.6) is 0 Å². The van der Waals surface area contributed by atoms with Crippen molar-refractivity contribution in [3.8, 4) is 0 Å². The smallest absolute Gasteiger partial charge is 0.340 e. The van der Waals surface area contributed by atoms with Gasteiger partial charge in [0, 0.05) is 12.2 Å². The molecule has 113 valence electrons. The van der Waals surface area contributed by atoms with Crippen LogP contribution in [0.2, 0.25) is 0 Å². The first-order valence-electron chi connectivity index (χ1n) is 6.77. The van der Waals surface area contributed by atoms with Crippen LogP contribution in [0.25, 0.3) is 0 Å². The highest BCUT2D eigenvalue weighted by atomic mass is 32.1. The number of ether oxygens (including phenoxy) is 1. The molecule has 7 heteroatoms. The molecule has 1 aromatic rings. The van der Waals surface area contributed by atoms with Gasteiger partial charge in [-0.1, -0.05) is 12.2 Å². The highest BCUT2D eigenvalue weighted by molar-refractivity contribution is 7.80. The second-order valence-electron chi connectivity index (χ2n) is 4.54. The standard InChI is InChI=1S/C15H15BFN2O2S/c17-10-21-14(20)11-3-5-13(6-4-11)19-15(22)18-9-7-12-2-1-8-16-12/h1-6,8H,7,9-10H2,(H2,18,19,22). The number of rotatable bonds is 6. The maximum absolute atomic E-state index is 11.9. The van der Waals surface area contributed by atoms with Crippen molar-refractivity contribution < 1.29 is 13.9 Å². The Labute approximate surface area is 134 Å². The molecule has 2 rings (SSSR count). The van der Waals surface area contributed by atoms with E-state index in [1.807, 2.05) is 12.1 Å². The summed E-state index contributed by atoms with van der Waals surface area (Å²) >= 11 is 5.19. The number of anilines is 1. The molecule has 0 saturated heterocycles. The average Bonchev–Trinajstić information content (AvgIpc) is 3.01. The fourth-order valence-corrected chi connectivity index (χ4v) is 2.12. The Hall–Kier alpha value is -2.15. The minimum absolute atomic E-state index is 0.290. The van der Waals surface area contributed by atoms with Crippen LogP contribution in [0.3, 0.4) is 0 Å². The molecule has 0 bridgehead atoms. The number of hydrogen-bond donors (Lipinski definition) is 2. The lowest BCUT2D eigenvalue weighted by molar-refractivity contribution is 0.0324. The van der Waals surface area contributed by atoms with Gasteiger partial charge >= 0.3 is 5.97 Å². The van der Waals surface area contributed by atoms with E-state index in [1.165, 1.54) is 5.47 Å². The number of carbonyl (C=O) groups excluding carboxylic acids is 1. The SMILES string of the molecule is O=C(OCF)c1ccc(NC(=S)NCCC2=CC=C[B]2)cc1. The Balaban J connectivity index is 1.75. The van der Waals surface area contributed by atoms with Crippen LogP contribution < -0.4 is 10.6 Å². The van der Waals surface area contributed by atoms with Crippen molar-refractivity contribution in [2.24, 2.45) is 0 Å². The Morgan fingerprint density at radius 2 is 2.09 bits per heavy atom. The third-order valence-corrected chi connectivity index (χ3v) is 3.24. The van der Waals surface area contributed by atoms with E-state index in [2.05, 4.69) is 28.7 Å². The number of thiocarbonyl (C=S) groups is 1. The lowest BCUT2D eigenvalue weighted by atomic mass is 9.71. The van der Waals surface area contributed by atoms with Gasteiger partial charge in [-0.3, -0.25) is 0 Å². The van der Waals surface area contributed by atoms with Crippen molar-refractivity contribution in [1.29, 1.82) is 0 Å². The molecule has 0 atom stereocenters. The van der Waals surface area contributed by atoms with E-state index >= 15 is 0 Å². The number of benzene rings is 1. The molecular weight excluding hydrogens is 302 g/mol. The van der Waals surface area contributed by atoms with Gasteiger partial charge in [-0.25, -0.2) is 9.18 Å². The summed E-state index contributed by atoms with van der Waals surface area (Å²) in [6.07, 6.45) is 4.96. The molecule has 1 aromatic carbocycles. The van der Waals surface area contributed by atoms with Gasteiger partial charge in [0.05, 0.1) is 5.56 Å². The zero-order valence-corrected chi connectivity index (χ0v) is 12.7. The van der Waals surface area contributed by atoms with Crippen LogP contribution in [-0.4, -0.2) is 31.8 Å². The summed E-state index contributed by atoms with van der Waals surface area (Å²) in [4.78, 5) is 11.3. The van der Waals surface area contributed by atoms with Gasteiger partial charge in [-0.2, -0.15) is 0 Å². The molecule has 1 heterocycles. The maximum Gasteiger partial charge on any atom is 0.340 e. The predicted molar refractivity (Wildman–Crippen MR) is 89.6 cm³/mol. The summed E-state index contributed by atoms with van der Waals surface area (Å²) in [5, 5.41) is 6.63. The second-order valence-corrected chi connectivity index (χ2v) is 4.95. The van der Waals surface area contributed by atoms with Crippen molar-refractivity contribution >= 4 is 36.3 Å². The topological polar surface area (TPSA) is 50.4 Å².